The Labute approximate surface area is 83.5 Å². The van der Waals surface area contributed by atoms with E-state index >= 15 is 0 Å². The number of halogens is 1. The first-order valence-electron chi connectivity index (χ1n) is 3.35. The summed E-state index contributed by atoms with van der Waals surface area (Å²) in [6, 6.07) is 1.57. The monoisotopic (exact) mass is 221 g/mol. The van der Waals surface area contributed by atoms with Crippen LogP contribution in [0.4, 0.5) is 0 Å². The molecular weight excluding hydrogens is 214 g/mol. The maximum atomic E-state index is 11.1. The van der Waals surface area contributed by atoms with Crippen LogP contribution in [0.5, 0.6) is 11.6 Å². The van der Waals surface area contributed by atoms with Gasteiger partial charge in [-0.1, -0.05) is 0 Å². The highest BCUT2D eigenvalue weighted by Gasteiger charge is 2.23. The van der Waals surface area contributed by atoms with Gasteiger partial charge in [-0.05, 0) is 0 Å². The van der Waals surface area contributed by atoms with Crippen molar-refractivity contribution in [3.63, 3.8) is 0 Å². The lowest BCUT2D eigenvalue weighted by Crippen LogP contribution is -2.01. The highest BCUT2D eigenvalue weighted by Crippen LogP contribution is 2.33. The molecule has 1 heterocycles. The fourth-order valence-electron chi connectivity index (χ4n) is 0.866. The lowest BCUT2D eigenvalue weighted by atomic mass is 10.4. The Morgan fingerprint density at radius 1 is 1.46 bits per heavy atom. The zero-order valence-electron chi connectivity index (χ0n) is 7.11. The summed E-state index contributed by atoms with van der Waals surface area (Å²) in [5.74, 6) is 0.618. The number of hydrogen-bond donors (Lipinski definition) is 0. The second-order valence-corrected chi connectivity index (χ2v) is 3.77. The summed E-state index contributed by atoms with van der Waals surface area (Å²) in [7, 11) is 6.64. The topological polar surface area (TPSA) is 54.4 Å². The number of nitrogens with zero attached hydrogens (tertiary/aromatic N) is 1. The summed E-state index contributed by atoms with van der Waals surface area (Å²) in [5, 5.41) is 0. The molecule has 1 aromatic rings. The van der Waals surface area contributed by atoms with E-state index in [0.717, 1.165) is 0 Å². The molecule has 4 nitrogen and oxygen atoms in total. The van der Waals surface area contributed by atoms with E-state index in [1.807, 2.05) is 0 Å². The molecule has 1 rings (SSSR count). The van der Waals surface area contributed by atoms with Gasteiger partial charge in [0.2, 0.25) is 0 Å². The molecule has 0 bridgehead atoms. The van der Waals surface area contributed by atoms with Crippen LogP contribution in [0, 0.1) is 0 Å². The quantitative estimate of drug-likeness (QED) is 0.724. The molecule has 1 atom stereocenters. The molecule has 13 heavy (non-hydrogen) atoms. The Balaban J connectivity index is 3.21. The van der Waals surface area contributed by atoms with Crippen molar-refractivity contribution in [3.05, 3.63) is 12.3 Å². The zero-order chi connectivity index (χ0) is 9.84. The summed E-state index contributed by atoms with van der Waals surface area (Å²) in [6.07, 6.45) is 1.49. The first-order chi connectivity index (χ1) is 6.20. The maximum absolute atomic E-state index is 11.1. The number of aromatic nitrogens is 1. The maximum Gasteiger partial charge on any atom is 0.276 e. The largest absolute Gasteiger partial charge is 0.594 e. The highest BCUT2D eigenvalue weighted by molar-refractivity contribution is 8.13. The second-order valence-electron chi connectivity index (χ2n) is 2.08. The van der Waals surface area contributed by atoms with Crippen molar-refractivity contribution in [2.24, 2.45) is 0 Å². The Hall–Kier alpha value is -0.650. The van der Waals surface area contributed by atoms with E-state index in [2.05, 4.69) is 4.98 Å². The van der Waals surface area contributed by atoms with Gasteiger partial charge in [-0.3, -0.25) is 0 Å². The molecule has 0 N–H and O–H groups in total. The van der Waals surface area contributed by atoms with Gasteiger partial charge in [-0.2, -0.15) is 0 Å². The van der Waals surface area contributed by atoms with E-state index in [4.69, 9.17) is 20.2 Å². The number of pyridine rings is 1. The van der Waals surface area contributed by atoms with Crippen LogP contribution >= 0.6 is 10.7 Å². The Kier molecular flexibility index (Phi) is 3.65. The van der Waals surface area contributed by atoms with E-state index in [0.29, 0.717) is 5.75 Å². The van der Waals surface area contributed by atoms with Crippen LogP contribution in [0.1, 0.15) is 0 Å². The summed E-state index contributed by atoms with van der Waals surface area (Å²) >= 11 is 0. The van der Waals surface area contributed by atoms with Gasteiger partial charge in [0, 0.05) is 12.3 Å². The lowest BCUT2D eigenvalue weighted by molar-refractivity contribution is 0.361. The van der Waals surface area contributed by atoms with Gasteiger partial charge in [-0.15, -0.1) is 0 Å². The minimum absolute atomic E-state index is 0.215. The molecule has 0 amide bonds. The second kappa shape index (κ2) is 4.55. The zero-order valence-corrected chi connectivity index (χ0v) is 8.69. The van der Waals surface area contributed by atoms with Crippen LogP contribution in [-0.4, -0.2) is 23.8 Å². The predicted molar refractivity (Wildman–Crippen MR) is 49.6 cm³/mol. The van der Waals surface area contributed by atoms with Crippen molar-refractivity contribution in [2.75, 3.05) is 14.2 Å². The van der Waals surface area contributed by atoms with Gasteiger partial charge in [-0.25, -0.2) is 4.98 Å². The molecule has 0 spiro atoms. The third-order valence-corrected chi connectivity index (χ3v) is 2.57. The fraction of sp³-hybridized carbons (Fsp3) is 0.286. The van der Waals surface area contributed by atoms with E-state index in [-0.39, 0.29) is 10.8 Å². The summed E-state index contributed by atoms with van der Waals surface area (Å²) in [5.41, 5.74) is 0. The third-order valence-electron chi connectivity index (χ3n) is 1.41. The van der Waals surface area contributed by atoms with Crippen molar-refractivity contribution in [1.29, 1.82) is 0 Å². The summed E-state index contributed by atoms with van der Waals surface area (Å²) < 4.78 is 20.9. The van der Waals surface area contributed by atoms with Crippen molar-refractivity contribution in [1.82, 2.24) is 4.98 Å². The van der Waals surface area contributed by atoms with Gasteiger partial charge in [0.1, 0.15) is 10.4 Å². The average Bonchev–Trinajstić information content (AvgIpc) is 2.16. The van der Waals surface area contributed by atoms with E-state index in [9.17, 15) is 4.55 Å². The standard InChI is InChI=1S/C7H8ClNO3S/c1-11-5-3-4-9-7(12-2)6(5)13(8)10/h3-4H,1-2H3. The van der Waals surface area contributed by atoms with Crippen LogP contribution in [0.3, 0.4) is 0 Å². The molecule has 0 saturated carbocycles. The molecular formula is C7H8ClNO3S. The third kappa shape index (κ3) is 2.18. The smallest absolute Gasteiger partial charge is 0.276 e. The van der Waals surface area contributed by atoms with Gasteiger partial charge >= 0.3 is 0 Å². The van der Waals surface area contributed by atoms with Gasteiger partial charge in [0.05, 0.1) is 14.2 Å². The van der Waals surface area contributed by atoms with Crippen molar-refractivity contribution in [2.45, 2.75) is 4.90 Å². The van der Waals surface area contributed by atoms with Crippen LogP contribution in [0.25, 0.3) is 0 Å². The van der Waals surface area contributed by atoms with E-state index < -0.39 is 10.4 Å². The summed E-state index contributed by atoms with van der Waals surface area (Å²) in [4.78, 5) is 4.11. The minimum Gasteiger partial charge on any atom is -0.594 e. The average molecular weight is 222 g/mol. The molecule has 0 fully saturated rings. The van der Waals surface area contributed by atoms with Crippen molar-refractivity contribution in [3.8, 4) is 11.6 Å². The van der Waals surface area contributed by atoms with Crippen LogP contribution < -0.4 is 9.47 Å². The Morgan fingerprint density at radius 2 is 2.15 bits per heavy atom. The Bertz CT molecular complexity index is 273. The molecule has 0 saturated heterocycles. The van der Waals surface area contributed by atoms with Crippen LogP contribution in [0.15, 0.2) is 17.2 Å². The molecule has 1 unspecified atom stereocenters. The predicted octanol–water partition coefficient (Wildman–Crippen LogP) is 1.36. The summed E-state index contributed by atoms with van der Waals surface area (Å²) in [6.45, 7) is 0. The SMILES string of the molecule is COc1ccnc(OC)c1[S+]([O-])Cl. The first kappa shape index (κ1) is 10.4. The minimum atomic E-state index is -1.69. The molecule has 0 aliphatic rings. The fourth-order valence-corrected chi connectivity index (χ4v) is 1.88. The normalized spacial score (nSPS) is 12.3. The van der Waals surface area contributed by atoms with Crippen LogP contribution in [0.2, 0.25) is 0 Å². The number of hydrogen-bond acceptors (Lipinski definition) is 4. The van der Waals surface area contributed by atoms with Crippen molar-refractivity contribution >= 4 is 21.1 Å². The molecule has 0 aromatic carbocycles. The van der Waals surface area contributed by atoms with Gasteiger partial charge in [0.25, 0.3) is 10.8 Å². The molecule has 6 heteroatoms. The lowest BCUT2D eigenvalue weighted by Gasteiger charge is -2.08. The first-order valence-corrected chi connectivity index (χ1v) is 5.33. The molecule has 72 valence electrons. The van der Waals surface area contributed by atoms with E-state index in [1.54, 1.807) is 6.07 Å². The molecule has 0 radical (unpaired) electrons. The van der Waals surface area contributed by atoms with Crippen molar-refractivity contribution < 1.29 is 14.0 Å². The van der Waals surface area contributed by atoms with Gasteiger partial charge < -0.3 is 14.0 Å². The highest BCUT2D eigenvalue weighted by atomic mass is 35.7. The molecule has 0 aliphatic carbocycles. The number of rotatable bonds is 3. The number of methoxy groups -OCH3 is 2. The number of ether oxygens (including phenoxy) is 2. The van der Waals surface area contributed by atoms with Gasteiger partial charge in [0.15, 0.2) is 16.4 Å². The van der Waals surface area contributed by atoms with E-state index in [1.165, 1.54) is 20.4 Å². The molecule has 1 aromatic heterocycles. The Morgan fingerprint density at radius 3 is 2.62 bits per heavy atom. The van der Waals surface area contributed by atoms with Crippen LogP contribution in [-0.2, 0) is 10.4 Å². The molecule has 0 aliphatic heterocycles.